The Hall–Kier alpha value is -3.87. The number of amides is 4. The summed E-state index contributed by atoms with van der Waals surface area (Å²) in [7, 11) is 0. The summed E-state index contributed by atoms with van der Waals surface area (Å²) < 4.78 is 5.31. The van der Waals surface area contributed by atoms with Crippen LogP contribution in [0.4, 0.5) is 5.69 Å². The number of benzene rings is 2. The Morgan fingerprint density at radius 3 is 2.06 bits per heavy atom. The van der Waals surface area contributed by atoms with Gasteiger partial charge < -0.3 is 36.2 Å². The summed E-state index contributed by atoms with van der Waals surface area (Å²) in [5.41, 5.74) is 2.49. The fraction of sp³-hybridized carbons (Fsp3) is 0.528. The van der Waals surface area contributed by atoms with Crippen LogP contribution in [0.1, 0.15) is 44.7 Å². The molecule has 1 fully saturated rings. The zero-order chi connectivity index (χ0) is 36.5. The molecule has 4 atom stereocenters. The van der Waals surface area contributed by atoms with Crippen molar-refractivity contribution in [3.8, 4) is 0 Å². The molecule has 0 unspecified atom stereocenters. The number of nitrogens with one attached hydrogen (secondary N) is 5. The van der Waals surface area contributed by atoms with Crippen molar-refractivity contribution in [3.05, 3.63) is 65.7 Å². The second kappa shape index (κ2) is 21.4. The molecule has 0 bridgehead atoms. The third kappa shape index (κ3) is 13.1. The smallest absolute Gasteiger partial charge is 0.328 e. The predicted octanol–water partition coefficient (Wildman–Crippen LogP) is 2.30. The summed E-state index contributed by atoms with van der Waals surface area (Å²) in [6, 6.07) is 13.3. The first kappa shape index (κ1) is 40.6. The van der Waals surface area contributed by atoms with Crippen LogP contribution >= 0.6 is 23.2 Å². The van der Waals surface area contributed by atoms with E-state index in [1.165, 1.54) is 0 Å². The van der Waals surface area contributed by atoms with Crippen molar-refractivity contribution >= 4 is 58.5 Å². The standard InChI is InChI=1S/C36H50Cl2N6O6/c1-4-50-36(49)30(22-26-12-14-27(15-13-26)44(19-16-37)20-17-38)42-34(47)29(21-25-9-6-5-7-10-25)41-35(48)32(24(2)3)43-31(45)23-40-33(46)28-11-8-18-39-28/h5-7,9-10,12-15,24,28-30,32,39H,4,8,11,16-23H2,1-3H3,(H,40,46)(H,41,48)(H,42,47)(H,43,45)/t28-,29-,30-,32-/m0/s1. The van der Waals surface area contributed by atoms with Gasteiger partial charge in [-0.2, -0.15) is 0 Å². The number of hydrogen-bond acceptors (Lipinski definition) is 8. The second-order valence-electron chi connectivity index (χ2n) is 12.5. The van der Waals surface area contributed by atoms with Gasteiger partial charge in [0.05, 0.1) is 19.2 Å². The molecule has 0 aromatic heterocycles. The fourth-order valence-electron chi connectivity index (χ4n) is 5.64. The molecule has 274 valence electrons. The molecule has 4 amide bonds. The molecule has 1 aliphatic rings. The molecule has 1 aliphatic heterocycles. The van der Waals surface area contributed by atoms with E-state index in [1.807, 2.05) is 54.6 Å². The second-order valence-corrected chi connectivity index (χ2v) is 13.2. The zero-order valence-electron chi connectivity index (χ0n) is 29.0. The normalized spacial score (nSPS) is 15.8. The third-order valence-corrected chi connectivity index (χ3v) is 8.66. The van der Waals surface area contributed by atoms with Crippen LogP contribution in [0.3, 0.4) is 0 Å². The van der Waals surface area contributed by atoms with E-state index in [-0.39, 0.29) is 43.9 Å². The highest BCUT2D eigenvalue weighted by Gasteiger charge is 2.32. The van der Waals surface area contributed by atoms with Crippen LogP contribution in [0, 0.1) is 5.92 Å². The van der Waals surface area contributed by atoms with Gasteiger partial charge in [0.1, 0.15) is 18.1 Å². The van der Waals surface area contributed by atoms with Crippen LogP contribution in [0.2, 0.25) is 0 Å². The summed E-state index contributed by atoms with van der Waals surface area (Å²) in [5.74, 6) is -2.03. The van der Waals surface area contributed by atoms with Crippen LogP contribution < -0.4 is 31.5 Å². The van der Waals surface area contributed by atoms with Crippen LogP contribution in [-0.2, 0) is 41.6 Å². The van der Waals surface area contributed by atoms with Gasteiger partial charge >= 0.3 is 5.97 Å². The molecule has 12 nitrogen and oxygen atoms in total. The fourth-order valence-corrected chi connectivity index (χ4v) is 6.05. The SMILES string of the molecule is CCOC(=O)[C@H](Cc1ccc(N(CCCl)CCCl)cc1)NC(=O)[C@H](Cc1ccccc1)NC(=O)[C@@H](NC(=O)CNC(=O)[C@@H]1CCCN1)C(C)C. The van der Waals surface area contributed by atoms with Crippen LogP contribution in [0.5, 0.6) is 0 Å². The van der Waals surface area contributed by atoms with Gasteiger partial charge in [-0.3, -0.25) is 19.2 Å². The molecule has 0 spiro atoms. The minimum atomic E-state index is -1.09. The van der Waals surface area contributed by atoms with Gasteiger partial charge in [0.25, 0.3) is 0 Å². The maximum atomic E-state index is 13.9. The van der Waals surface area contributed by atoms with E-state index in [0.29, 0.717) is 31.3 Å². The van der Waals surface area contributed by atoms with Crippen LogP contribution in [-0.4, -0.2) is 98.3 Å². The van der Waals surface area contributed by atoms with E-state index in [2.05, 4.69) is 31.5 Å². The van der Waals surface area contributed by atoms with Crippen molar-refractivity contribution in [3.63, 3.8) is 0 Å². The molecule has 0 saturated carbocycles. The minimum absolute atomic E-state index is 0.119. The lowest BCUT2D eigenvalue weighted by molar-refractivity contribution is -0.147. The molecule has 50 heavy (non-hydrogen) atoms. The monoisotopic (exact) mass is 732 g/mol. The first-order valence-electron chi connectivity index (χ1n) is 17.1. The van der Waals surface area contributed by atoms with Crippen molar-refractivity contribution in [1.29, 1.82) is 0 Å². The van der Waals surface area contributed by atoms with Gasteiger partial charge in [0.15, 0.2) is 0 Å². The summed E-state index contributed by atoms with van der Waals surface area (Å²) in [5, 5.41) is 14.0. The molecule has 0 radical (unpaired) electrons. The third-order valence-electron chi connectivity index (χ3n) is 8.32. The maximum absolute atomic E-state index is 13.9. The number of esters is 1. The van der Waals surface area contributed by atoms with Crippen LogP contribution in [0.25, 0.3) is 0 Å². The average molecular weight is 734 g/mol. The minimum Gasteiger partial charge on any atom is -0.464 e. The Bertz CT molecular complexity index is 1390. The topological polar surface area (TPSA) is 158 Å². The molecule has 2 aromatic carbocycles. The highest BCUT2D eigenvalue weighted by molar-refractivity contribution is 6.18. The molecule has 3 rings (SSSR count). The molecular weight excluding hydrogens is 683 g/mol. The van der Waals surface area contributed by atoms with E-state index < -0.39 is 41.8 Å². The number of carbonyl (C=O) groups excluding carboxylic acids is 5. The summed E-state index contributed by atoms with van der Waals surface area (Å²) in [6.07, 6.45) is 1.86. The number of halogens is 2. The first-order valence-corrected chi connectivity index (χ1v) is 18.2. The lowest BCUT2D eigenvalue weighted by atomic mass is 10.00. The van der Waals surface area contributed by atoms with Crippen molar-refractivity contribution < 1.29 is 28.7 Å². The Balaban J connectivity index is 1.75. The lowest BCUT2D eigenvalue weighted by Crippen LogP contribution is -2.58. The molecule has 5 N–H and O–H groups in total. The summed E-state index contributed by atoms with van der Waals surface area (Å²) >= 11 is 11.9. The van der Waals surface area contributed by atoms with Gasteiger partial charge in [-0.1, -0.05) is 56.3 Å². The van der Waals surface area contributed by atoms with E-state index in [0.717, 1.165) is 29.8 Å². The number of hydrogen-bond donors (Lipinski definition) is 5. The van der Waals surface area contributed by atoms with Gasteiger partial charge in [-0.05, 0) is 55.5 Å². The van der Waals surface area contributed by atoms with Gasteiger partial charge in [-0.25, -0.2) is 4.79 Å². The Morgan fingerprint density at radius 2 is 1.48 bits per heavy atom. The number of rotatable bonds is 20. The quantitative estimate of drug-likeness (QED) is 0.103. The zero-order valence-corrected chi connectivity index (χ0v) is 30.5. The molecule has 0 aliphatic carbocycles. The molecular formula is C36H50Cl2N6O6. The molecule has 1 heterocycles. The number of alkyl halides is 2. The number of ether oxygens (including phenoxy) is 1. The maximum Gasteiger partial charge on any atom is 0.328 e. The van der Waals surface area contributed by atoms with Gasteiger partial charge in [-0.15, -0.1) is 23.2 Å². The van der Waals surface area contributed by atoms with Gasteiger partial charge in [0, 0.05) is 43.4 Å². The molecule has 14 heteroatoms. The van der Waals surface area contributed by atoms with Crippen LogP contribution in [0.15, 0.2) is 54.6 Å². The van der Waals surface area contributed by atoms with E-state index in [9.17, 15) is 24.0 Å². The Kier molecular flexibility index (Phi) is 17.3. The molecule has 1 saturated heterocycles. The first-order chi connectivity index (χ1) is 24.1. The predicted molar refractivity (Wildman–Crippen MR) is 195 cm³/mol. The largest absolute Gasteiger partial charge is 0.464 e. The average Bonchev–Trinajstić information content (AvgIpc) is 3.65. The van der Waals surface area contributed by atoms with Gasteiger partial charge in [0.2, 0.25) is 23.6 Å². The summed E-state index contributed by atoms with van der Waals surface area (Å²) in [4.78, 5) is 67.9. The number of anilines is 1. The van der Waals surface area contributed by atoms with E-state index in [4.69, 9.17) is 27.9 Å². The van der Waals surface area contributed by atoms with Crippen molar-refractivity contribution in [1.82, 2.24) is 26.6 Å². The Labute approximate surface area is 304 Å². The lowest BCUT2D eigenvalue weighted by Gasteiger charge is -2.27. The van der Waals surface area contributed by atoms with E-state index in [1.54, 1.807) is 20.8 Å². The van der Waals surface area contributed by atoms with Crippen molar-refractivity contribution in [2.24, 2.45) is 5.92 Å². The van der Waals surface area contributed by atoms with Crippen molar-refractivity contribution in [2.75, 3.05) is 49.4 Å². The number of nitrogens with zero attached hydrogens (tertiary/aromatic N) is 1. The van der Waals surface area contributed by atoms with E-state index >= 15 is 0 Å². The van der Waals surface area contributed by atoms with Crippen molar-refractivity contribution in [2.45, 2.75) is 70.6 Å². The summed E-state index contributed by atoms with van der Waals surface area (Å²) in [6.45, 7) is 7.04. The highest BCUT2D eigenvalue weighted by atomic mass is 35.5. The Morgan fingerprint density at radius 1 is 0.860 bits per heavy atom. The molecule has 2 aromatic rings. The highest BCUT2D eigenvalue weighted by Crippen LogP contribution is 2.17. The number of carbonyl (C=O) groups is 5.